The lowest BCUT2D eigenvalue weighted by Crippen LogP contribution is -2.56. The summed E-state index contributed by atoms with van der Waals surface area (Å²) in [4.78, 5) is 12.3. The van der Waals surface area contributed by atoms with Crippen molar-refractivity contribution in [3.8, 4) is 0 Å². The number of hydrogen-bond donors (Lipinski definition) is 3. The first-order valence-electron chi connectivity index (χ1n) is 6.75. The molecule has 2 rings (SSSR count). The first-order chi connectivity index (χ1) is 8.10. The topological polar surface area (TPSA) is 61.4 Å². The van der Waals surface area contributed by atoms with E-state index in [9.17, 15) is 9.90 Å². The molecule has 0 aromatic heterocycles. The van der Waals surface area contributed by atoms with Gasteiger partial charge in [-0.05, 0) is 32.7 Å². The van der Waals surface area contributed by atoms with Gasteiger partial charge in [-0.1, -0.05) is 19.3 Å². The average Bonchev–Trinajstić information content (AvgIpc) is 2.79. The molecule has 1 aliphatic carbocycles. The van der Waals surface area contributed by atoms with Gasteiger partial charge >= 0.3 is 0 Å². The molecule has 4 heteroatoms. The van der Waals surface area contributed by atoms with Crippen molar-refractivity contribution in [2.75, 3.05) is 19.7 Å². The predicted octanol–water partition coefficient (Wildman–Crippen LogP) is 0.797. The number of amides is 1. The third kappa shape index (κ3) is 2.63. The zero-order chi connectivity index (χ0) is 12.4. The minimum absolute atomic E-state index is 0.0717. The fourth-order valence-electron chi connectivity index (χ4n) is 2.95. The molecule has 2 fully saturated rings. The van der Waals surface area contributed by atoms with E-state index in [1.807, 2.05) is 6.92 Å². The van der Waals surface area contributed by atoms with Crippen molar-refractivity contribution in [3.63, 3.8) is 0 Å². The van der Waals surface area contributed by atoms with Crippen LogP contribution in [0.15, 0.2) is 0 Å². The highest BCUT2D eigenvalue weighted by molar-refractivity contribution is 5.83. The molecule has 2 aliphatic rings. The summed E-state index contributed by atoms with van der Waals surface area (Å²) in [5.41, 5.74) is -0.638. The average molecular weight is 240 g/mol. The summed E-state index contributed by atoms with van der Waals surface area (Å²) >= 11 is 0. The molecule has 1 saturated carbocycles. The SMILES string of the molecule is CC1(C(=O)NC2(CO)CCCCC2)CCNC1. The van der Waals surface area contributed by atoms with Crippen LogP contribution in [0.25, 0.3) is 0 Å². The van der Waals surface area contributed by atoms with Crippen molar-refractivity contribution in [1.82, 2.24) is 10.6 Å². The van der Waals surface area contributed by atoms with Gasteiger partial charge in [-0.15, -0.1) is 0 Å². The van der Waals surface area contributed by atoms with E-state index in [2.05, 4.69) is 10.6 Å². The van der Waals surface area contributed by atoms with E-state index in [0.29, 0.717) is 0 Å². The molecule has 1 aliphatic heterocycles. The molecule has 0 aromatic carbocycles. The molecule has 0 radical (unpaired) electrons. The fourth-order valence-corrected chi connectivity index (χ4v) is 2.95. The van der Waals surface area contributed by atoms with Gasteiger partial charge in [0, 0.05) is 6.54 Å². The lowest BCUT2D eigenvalue weighted by molar-refractivity contribution is -0.132. The summed E-state index contributed by atoms with van der Waals surface area (Å²) in [6, 6.07) is 0. The van der Waals surface area contributed by atoms with E-state index < -0.39 is 0 Å². The maximum atomic E-state index is 12.3. The number of aliphatic hydroxyl groups is 1. The Morgan fingerprint density at radius 3 is 2.53 bits per heavy atom. The van der Waals surface area contributed by atoms with E-state index in [4.69, 9.17) is 0 Å². The predicted molar refractivity (Wildman–Crippen MR) is 66.6 cm³/mol. The molecule has 1 saturated heterocycles. The summed E-state index contributed by atoms with van der Waals surface area (Å²) < 4.78 is 0. The first-order valence-corrected chi connectivity index (χ1v) is 6.75. The van der Waals surface area contributed by atoms with Crippen LogP contribution in [0, 0.1) is 5.41 Å². The van der Waals surface area contributed by atoms with Crippen LogP contribution in [0.1, 0.15) is 45.4 Å². The van der Waals surface area contributed by atoms with Crippen molar-refractivity contribution < 1.29 is 9.90 Å². The molecule has 1 heterocycles. The molecular weight excluding hydrogens is 216 g/mol. The lowest BCUT2D eigenvalue weighted by atomic mass is 9.80. The number of carbonyl (C=O) groups excluding carboxylic acids is 1. The Bertz CT molecular complexity index is 279. The molecule has 1 unspecified atom stereocenters. The maximum absolute atomic E-state index is 12.3. The van der Waals surface area contributed by atoms with Crippen LogP contribution in [-0.2, 0) is 4.79 Å². The van der Waals surface area contributed by atoms with E-state index in [1.165, 1.54) is 6.42 Å². The van der Waals surface area contributed by atoms with Gasteiger partial charge in [0.05, 0.1) is 17.6 Å². The zero-order valence-corrected chi connectivity index (χ0v) is 10.7. The monoisotopic (exact) mass is 240 g/mol. The molecule has 0 spiro atoms. The molecule has 3 N–H and O–H groups in total. The standard InChI is InChI=1S/C13H24N2O2/c1-12(7-8-14-9-12)11(17)15-13(10-16)5-3-2-4-6-13/h14,16H,2-10H2,1H3,(H,15,17). The molecule has 17 heavy (non-hydrogen) atoms. The molecule has 98 valence electrons. The van der Waals surface area contributed by atoms with Gasteiger partial charge in [0.2, 0.25) is 5.91 Å². The van der Waals surface area contributed by atoms with Gasteiger partial charge in [-0.3, -0.25) is 4.79 Å². The second kappa shape index (κ2) is 4.94. The zero-order valence-electron chi connectivity index (χ0n) is 10.7. The van der Waals surface area contributed by atoms with Gasteiger partial charge in [0.15, 0.2) is 0 Å². The van der Waals surface area contributed by atoms with Crippen LogP contribution >= 0.6 is 0 Å². The normalized spacial score (nSPS) is 32.4. The molecular formula is C13H24N2O2. The highest BCUT2D eigenvalue weighted by Crippen LogP contribution is 2.31. The van der Waals surface area contributed by atoms with Gasteiger partial charge in [-0.2, -0.15) is 0 Å². The summed E-state index contributed by atoms with van der Waals surface area (Å²) in [7, 11) is 0. The first kappa shape index (κ1) is 12.8. The van der Waals surface area contributed by atoms with Crippen LogP contribution in [-0.4, -0.2) is 36.2 Å². The van der Waals surface area contributed by atoms with Crippen molar-refractivity contribution in [2.24, 2.45) is 5.41 Å². The van der Waals surface area contributed by atoms with E-state index >= 15 is 0 Å². The van der Waals surface area contributed by atoms with Gasteiger partial charge < -0.3 is 15.7 Å². The third-order valence-electron chi connectivity index (χ3n) is 4.41. The third-order valence-corrected chi connectivity index (χ3v) is 4.41. The summed E-state index contributed by atoms with van der Waals surface area (Å²) in [6.07, 6.45) is 6.15. The minimum atomic E-state index is -0.346. The van der Waals surface area contributed by atoms with Crippen LogP contribution in [0.4, 0.5) is 0 Å². The number of carbonyl (C=O) groups is 1. The summed E-state index contributed by atoms with van der Waals surface area (Å²) in [6.45, 7) is 3.74. The van der Waals surface area contributed by atoms with Gasteiger partial charge in [0.1, 0.15) is 0 Å². The Labute approximate surface area is 103 Å². The molecule has 1 atom stereocenters. The van der Waals surface area contributed by atoms with Crippen LogP contribution in [0.5, 0.6) is 0 Å². The van der Waals surface area contributed by atoms with Crippen molar-refractivity contribution in [1.29, 1.82) is 0 Å². The van der Waals surface area contributed by atoms with Gasteiger partial charge in [-0.25, -0.2) is 0 Å². The second-order valence-corrected chi connectivity index (χ2v) is 5.94. The van der Waals surface area contributed by atoms with Crippen molar-refractivity contribution in [3.05, 3.63) is 0 Å². The summed E-state index contributed by atoms with van der Waals surface area (Å²) in [5, 5.41) is 16.0. The summed E-state index contributed by atoms with van der Waals surface area (Å²) in [5.74, 6) is 0.110. The van der Waals surface area contributed by atoms with Gasteiger partial charge in [0.25, 0.3) is 0 Å². The highest BCUT2D eigenvalue weighted by Gasteiger charge is 2.41. The van der Waals surface area contributed by atoms with Crippen LogP contribution < -0.4 is 10.6 Å². The maximum Gasteiger partial charge on any atom is 0.227 e. The van der Waals surface area contributed by atoms with E-state index in [-0.39, 0.29) is 23.5 Å². The van der Waals surface area contributed by atoms with Crippen molar-refractivity contribution >= 4 is 5.91 Å². The smallest absolute Gasteiger partial charge is 0.227 e. The highest BCUT2D eigenvalue weighted by atomic mass is 16.3. The quantitative estimate of drug-likeness (QED) is 0.684. The molecule has 1 amide bonds. The fraction of sp³-hybridized carbons (Fsp3) is 0.923. The van der Waals surface area contributed by atoms with Crippen LogP contribution in [0.3, 0.4) is 0 Å². The number of rotatable bonds is 3. The Morgan fingerprint density at radius 1 is 1.29 bits per heavy atom. The number of nitrogens with one attached hydrogen (secondary N) is 2. The molecule has 4 nitrogen and oxygen atoms in total. The Hall–Kier alpha value is -0.610. The Balaban J connectivity index is 2.00. The number of aliphatic hydroxyl groups excluding tert-OH is 1. The second-order valence-electron chi connectivity index (χ2n) is 5.94. The Morgan fingerprint density at radius 2 is 2.00 bits per heavy atom. The van der Waals surface area contributed by atoms with Crippen molar-refractivity contribution in [2.45, 2.75) is 51.0 Å². The Kier molecular flexibility index (Phi) is 3.73. The van der Waals surface area contributed by atoms with E-state index in [1.54, 1.807) is 0 Å². The molecule has 0 bridgehead atoms. The molecule has 0 aromatic rings. The van der Waals surface area contributed by atoms with Crippen LogP contribution in [0.2, 0.25) is 0 Å². The largest absolute Gasteiger partial charge is 0.394 e. The van der Waals surface area contributed by atoms with E-state index in [0.717, 1.165) is 45.2 Å². The lowest BCUT2D eigenvalue weighted by Gasteiger charge is -2.39. The minimum Gasteiger partial charge on any atom is -0.394 e. The number of hydrogen-bond acceptors (Lipinski definition) is 3.